The number of halogens is 1. The summed E-state index contributed by atoms with van der Waals surface area (Å²) >= 11 is 0. The van der Waals surface area contributed by atoms with Crippen molar-refractivity contribution < 1.29 is 9.13 Å². The van der Waals surface area contributed by atoms with E-state index in [1.54, 1.807) is 25.2 Å². The van der Waals surface area contributed by atoms with Gasteiger partial charge in [-0.2, -0.15) is 4.98 Å². The van der Waals surface area contributed by atoms with Gasteiger partial charge in [-0.05, 0) is 50.6 Å². The summed E-state index contributed by atoms with van der Waals surface area (Å²) in [6.07, 6.45) is 0. The normalized spacial score (nSPS) is 20.0. The van der Waals surface area contributed by atoms with Gasteiger partial charge in [-0.25, -0.2) is 9.18 Å². The Bertz CT molecular complexity index is 1300. The summed E-state index contributed by atoms with van der Waals surface area (Å²) in [5.41, 5.74) is 1.70. The molecule has 1 aliphatic rings. The topological polar surface area (TPSA) is 67.9 Å². The molecule has 3 atom stereocenters. The Kier molecular flexibility index (Phi) is 6.04. The van der Waals surface area contributed by atoms with Gasteiger partial charge in [-0.3, -0.25) is 9.47 Å². The number of aryl methyl sites for hydroxylation is 1. The first kappa shape index (κ1) is 22.7. The van der Waals surface area contributed by atoms with Crippen LogP contribution in [-0.4, -0.2) is 51.7 Å². The molecule has 3 aromatic rings. The van der Waals surface area contributed by atoms with Crippen molar-refractivity contribution in [3.63, 3.8) is 0 Å². The van der Waals surface area contributed by atoms with Crippen molar-refractivity contribution in [2.75, 3.05) is 25.1 Å². The lowest BCUT2D eigenvalue weighted by atomic mass is 10.0. The summed E-state index contributed by atoms with van der Waals surface area (Å²) in [5.74, 6) is 0.616. The molecule has 1 unspecified atom stereocenters. The fraction of sp³-hybridized carbons (Fsp3) is 0.417. The largest absolute Gasteiger partial charge is 0.494 e. The molecule has 2 aromatic heterocycles. The first-order valence-corrected chi connectivity index (χ1v) is 10.9. The highest BCUT2D eigenvalue weighted by Gasteiger charge is 2.35. The Morgan fingerprint density at radius 3 is 2.61 bits per heavy atom. The van der Waals surface area contributed by atoms with Crippen LogP contribution in [0.25, 0.3) is 15.9 Å². The molecule has 4 rings (SSSR count). The fourth-order valence-corrected chi connectivity index (χ4v) is 4.58. The molecule has 33 heavy (non-hydrogen) atoms. The third-order valence-corrected chi connectivity index (χ3v) is 6.50. The molecule has 0 saturated carbocycles. The molecule has 1 saturated heterocycles. The Morgan fingerprint density at radius 2 is 1.94 bits per heavy atom. The van der Waals surface area contributed by atoms with Crippen LogP contribution in [0.4, 0.5) is 16.0 Å². The number of nitrogens with zero attached hydrogens (tertiary/aromatic N) is 6. The first-order valence-electron chi connectivity index (χ1n) is 10.9. The van der Waals surface area contributed by atoms with Gasteiger partial charge < -0.3 is 14.5 Å². The van der Waals surface area contributed by atoms with Gasteiger partial charge in [0.05, 0.1) is 12.6 Å². The molecule has 8 nitrogen and oxygen atoms in total. The van der Waals surface area contributed by atoms with Gasteiger partial charge in [0.15, 0.2) is 17.4 Å². The Hall–Kier alpha value is -3.51. The van der Waals surface area contributed by atoms with E-state index in [1.165, 1.54) is 17.7 Å². The molecule has 9 heteroatoms. The van der Waals surface area contributed by atoms with Crippen molar-refractivity contribution in [1.82, 2.24) is 19.4 Å². The molecule has 0 bridgehead atoms. The maximum absolute atomic E-state index is 14.3. The molecule has 172 valence electrons. The quantitative estimate of drug-likeness (QED) is 0.565. The smallest absolute Gasteiger partial charge is 0.350 e. The Labute approximate surface area is 192 Å². The summed E-state index contributed by atoms with van der Waals surface area (Å²) in [5, 5.41) is 0. The summed E-state index contributed by atoms with van der Waals surface area (Å²) in [6, 6.07) is 8.54. The number of methoxy groups -OCH3 is 1. The average molecular weight is 451 g/mol. The highest BCUT2D eigenvalue weighted by atomic mass is 19.1. The fourth-order valence-electron chi connectivity index (χ4n) is 4.58. The molecule has 0 spiro atoms. The minimum absolute atomic E-state index is 0.00908. The molecule has 3 heterocycles. The van der Waals surface area contributed by atoms with Crippen molar-refractivity contribution in [2.24, 2.45) is 7.05 Å². The predicted octanol–water partition coefficient (Wildman–Crippen LogP) is 3.69. The second-order valence-electron chi connectivity index (χ2n) is 8.54. The van der Waals surface area contributed by atoms with Crippen LogP contribution in [0.5, 0.6) is 5.75 Å². The number of fused-ring (bicyclic) bond motifs is 1. The van der Waals surface area contributed by atoms with Gasteiger partial charge in [-0.1, -0.05) is 12.6 Å². The van der Waals surface area contributed by atoms with E-state index in [0.717, 1.165) is 5.56 Å². The Balaban J connectivity index is 1.67. The number of rotatable bonds is 4. The zero-order valence-electron chi connectivity index (χ0n) is 19.4. The highest BCUT2D eigenvalue weighted by Crippen LogP contribution is 2.33. The van der Waals surface area contributed by atoms with E-state index in [-0.39, 0.29) is 41.2 Å². The number of anilines is 1. The maximum atomic E-state index is 14.3. The zero-order chi connectivity index (χ0) is 23.9. The van der Waals surface area contributed by atoms with E-state index >= 15 is 0 Å². The van der Waals surface area contributed by atoms with Crippen molar-refractivity contribution >= 4 is 22.7 Å². The molecule has 1 aromatic carbocycles. The van der Waals surface area contributed by atoms with Gasteiger partial charge in [0.1, 0.15) is 0 Å². The number of hydrogen-bond acceptors (Lipinski definition) is 6. The van der Waals surface area contributed by atoms with E-state index < -0.39 is 0 Å². The number of ether oxygens (including phenoxy) is 1. The summed E-state index contributed by atoms with van der Waals surface area (Å²) in [6.45, 7) is 14.9. The maximum Gasteiger partial charge on any atom is 0.350 e. The molecular formula is C24H27FN6O2. The number of benzene rings is 1. The minimum Gasteiger partial charge on any atom is -0.494 e. The van der Waals surface area contributed by atoms with Crippen LogP contribution in [-0.2, 0) is 7.05 Å². The molecule has 0 amide bonds. The predicted molar refractivity (Wildman–Crippen MR) is 125 cm³/mol. The van der Waals surface area contributed by atoms with E-state index in [0.29, 0.717) is 29.9 Å². The number of aromatic nitrogens is 3. The Morgan fingerprint density at radius 1 is 1.18 bits per heavy atom. The van der Waals surface area contributed by atoms with Crippen LogP contribution in [0, 0.1) is 12.4 Å². The van der Waals surface area contributed by atoms with Crippen molar-refractivity contribution in [3.05, 3.63) is 63.6 Å². The molecule has 1 aliphatic heterocycles. The van der Waals surface area contributed by atoms with Crippen LogP contribution in [0.3, 0.4) is 0 Å². The second-order valence-corrected chi connectivity index (χ2v) is 8.54. The van der Waals surface area contributed by atoms with E-state index in [2.05, 4.69) is 45.4 Å². The van der Waals surface area contributed by atoms with E-state index in [4.69, 9.17) is 11.3 Å². The van der Waals surface area contributed by atoms with Crippen LogP contribution < -0.4 is 15.3 Å². The molecule has 0 aliphatic carbocycles. The van der Waals surface area contributed by atoms with E-state index in [1.807, 2.05) is 6.07 Å². The molecule has 1 fully saturated rings. The van der Waals surface area contributed by atoms with Crippen LogP contribution >= 0.6 is 0 Å². The number of piperazine rings is 1. The lowest BCUT2D eigenvalue weighted by molar-refractivity contribution is 0.119. The van der Waals surface area contributed by atoms with E-state index in [9.17, 15) is 9.18 Å². The third kappa shape index (κ3) is 4.02. The average Bonchev–Trinajstić information content (AvgIpc) is 2.81. The molecule has 0 radical (unpaired) electrons. The second kappa shape index (κ2) is 8.79. The van der Waals surface area contributed by atoms with Gasteiger partial charge in [0.2, 0.25) is 5.52 Å². The SMILES string of the molecule is [C-]#[N+]c1ccc2c(n1)c(N1C[C@@H](C)N(C(C)c3ccc(OC)c(F)c3)C[C@@H]1C)nc(=O)n2C. The third-order valence-electron chi connectivity index (χ3n) is 6.50. The van der Waals surface area contributed by atoms with Gasteiger partial charge >= 0.3 is 5.69 Å². The summed E-state index contributed by atoms with van der Waals surface area (Å²) < 4.78 is 20.8. The number of pyridine rings is 1. The zero-order valence-corrected chi connectivity index (χ0v) is 19.4. The molecular weight excluding hydrogens is 423 g/mol. The first-order chi connectivity index (χ1) is 15.7. The van der Waals surface area contributed by atoms with Gasteiger partial charge in [0, 0.05) is 38.3 Å². The lowest BCUT2D eigenvalue weighted by Gasteiger charge is -2.47. The standard InChI is InChI=1S/C24H27FN6O2/c1-14-13-31(23-22-19(29(5)24(32)28-23)8-10-21(26-4)27-22)15(2)12-30(14)16(3)17-7-9-20(33-6)18(25)11-17/h7-11,14-16H,12-13H2,1-3,5-6H3/t14-,15+,16?/m1/s1. The van der Waals surface area contributed by atoms with Crippen molar-refractivity contribution in [2.45, 2.75) is 38.9 Å². The van der Waals surface area contributed by atoms with Crippen molar-refractivity contribution in [3.8, 4) is 5.75 Å². The highest BCUT2D eigenvalue weighted by molar-refractivity contribution is 5.87. The van der Waals surface area contributed by atoms with Crippen LogP contribution in [0.15, 0.2) is 35.1 Å². The minimum atomic E-state index is -0.376. The van der Waals surface area contributed by atoms with Gasteiger partial charge in [-0.15, -0.1) is 4.98 Å². The summed E-state index contributed by atoms with van der Waals surface area (Å²) in [4.78, 5) is 29.2. The molecule has 0 N–H and O–H groups in total. The summed E-state index contributed by atoms with van der Waals surface area (Å²) in [7, 11) is 3.11. The lowest BCUT2D eigenvalue weighted by Crippen LogP contribution is -2.57. The van der Waals surface area contributed by atoms with Crippen LogP contribution in [0.2, 0.25) is 0 Å². The number of hydrogen-bond donors (Lipinski definition) is 0. The van der Waals surface area contributed by atoms with Crippen LogP contribution in [0.1, 0.15) is 32.4 Å². The van der Waals surface area contributed by atoms with Crippen molar-refractivity contribution in [1.29, 1.82) is 0 Å². The van der Waals surface area contributed by atoms with Gasteiger partial charge in [0.25, 0.3) is 5.82 Å². The monoisotopic (exact) mass is 450 g/mol.